The molecule has 0 saturated heterocycles. The zero-order valence-corrected chi connectivity index (χ0v) is 20.6. The first kappa shape index (κ1) is 23.5. The van der Waals surface area contributed by atoms with Crippen LogP contribution in [-0.2, 0) is 28.1 Å². The van der Waals surface area contributed by atoms with E-state index in [-0.39, 0.29) is 11.3 Å². The summed E-state index contributed by atoms with van der Waals surface area (Å²) in [6.45, 7) is 11.2. The van der Waals surface area contributed by atoms with Crippen molar-refractivity contribution in [2.75, 3.05) is 0 Å². The topological polar surface area (TPSA) is 58.9 Å². The molecule has 2 aliphatic rings. The molecule has 2 aromatic rings. The molecule has 1 fully saturated rings. The number of aliphatic carboxylic acids is 1. The molecule has 33 heavy (non-hydrogen) atoms. The Bertz CT molecular complexity index is 1060. The lowest BCUT2D eigenvalue weighted by Gasteiger charge is -2.53. The van der Waals surface area contributed by atoms with Gasteiger partial charge in [-0.1, -0.05) is 68.2 Å². The average molecular weight is 448 g/mol. The molecule has 0 bridgehead atoms. The van der Waals surface area contributed by atoms with E-state index >= 15 is 0 Å². The van der Waals surface area contributed by atoms with E-state index in [9.17, 15) is 9.90 Å². The number of hydrogen-bond donors (Lipinski definition) is 1. The quantitative estimate of drug-likeness (QED) is 0.393. The highest BCUT2D eigenvalue weighted by molar-refractivity contribution is 5.83. The van der Waals surface area contributed by atoms with Crippen LogP contribution in [0.1, 0.15) is 92.7 Å². The van der Waals surface area contributed by atoms with Crippen molar-refractivity contribution < 1.29 is 14.7 Å². The largest absolute Gasteiger partial charge is 0.481 e. The molecule has 0 spiro atoms. The highest BCUT2D eigenvalue weighted by Gasteiger charge is 2.55. The van der Waals surface area contributed by atoms with E-state index in [0.717, 1.165) is 43.2 Å². The normalized spacial score (nSPS) is 26.8. The summed E-state index contributed by atoms with van der Waals surface area (Å²) >= 11 is 0. The second-order valence-corrected chi connectivity index (χ2v) is 10.9. The monoisotopic (exact) mass is 447 g/mol. The maximum atomic E-state index is 12.3. The van der Waals surface area contributed by atoms with Crippen LogP contribution in [-0.4, -0.2) is 17.3 Å². The second-order valence-electron chi connectivity index (χ2n) is 10.9. The van der Waals surface area contributed by atoms with E-state index in [1.54, 1.807) is 0 Å². The van der Waals surface area contributed by atoms with Crippen LogP contribution in [0.2, 0.25) is 0 Å². The lowest BCUT2D eigenvalue weighted by Crippen LogP contribution is -2.52. The van der Waals surface area contributed by atoms with Crippen molar-refractivity contribution in [1.82, 2.24) is 0 Å². The van der Waals surface area contributed by atoms with Crippen molar-refractivity contribution in [2.24, 2.45) is 16.5 Å². The lowest BCUT2D eigenvalue weighted by atomic mass is 9.49. The zero-order chi connectivity index (χ0) is 23.8. The van der Waals surface area contributed by atoms with Crippen LogP contribution in [0.3, 0.4) is 0 Å². The Morgan fingerprint density at radius 3 is 2.61 bits per heavy atom. The van der Waals surface area contributed by atoms with Gasteiger partial charge in [0.15, 0.2) is 0 Å². The van der Waals surface area contributed by atoms with E-state index in [0.29, 0.717) is 12.5 Å². The minimum Gasteiger partial charge on any atom is -0.481 e. The summed E-state index contributed by atoms with van der Waals surface area (Å²) in [4.78, 5) is 17.9. The first-order valence-electron chi connectivity index (χ1n) is 12.3. The van der Waals surface area contributed by atoms with Gasteiger partial charge in [0.05, 0.1) is 11.6 Å². The molecular weight excluding hydrogens is 410 g/mol. The predicted molar refractivity (Wildman–Crippen MR) is 133 cm³/mol. The van der Waals surface area contributed by atoms with Crippen molar-refractivity contribution in [3.8, 4) is 0 Å². The number of hydrogen-bond acceptors (Lipinski definition) is 3. The highest BCUT2D eigenvalue weighted by Crippen LogP contribution is 2.57. The van der Waals surface area contributed by atoms with E-state index < -0.39 is 11.4 Å². The van der Waals surface area contributed by atoms with Gasteiger partial charge < -0.3 is 9.94 Å². The van der Waals surface area contributed by atoms with E-state index in [1.807, 2.05) is 13.1 Å². The summed E-state index contributed by atoms with van der Waals surface area (Å²) in [7, 11) is 0. The molecule has 0 heterocycles. The van der Waals surface area contributed by atoms with Crippen LogP contribution in [0.15, 0.2) is 41.6 Å². The fourth-order valence-electron chi connectivity index (χ4n) is 6.31. The molecule has 0 aliphatic heterocycles. The Morgan fingerprint density at radius 1 is 1.21 bits per heavy atom. The first-order valence-corrected chi connectivity index (χ1v) is 12.3. The van der Waals surface area contributed by atoms with Crippen LogP contribution in [0.5, 0.6) is 0 Å². The van der Waals surface area contributed by atoms with Gasteiger partial charge in [-0.15, -0.1) is 0 Å². The third-order valence-corrected chi connectivity index (χ3v) is 8.29. The van der Waals surface area contributed by atoms with Crippen molar-refractivity contribution >= 4 is 12.2 Å². The standard InChI is InChI=1S/C29H37NO3/c1-19(2)24-15-22-11-12-26-28(4,13-6-14-29(26,5)27(31)32)25(22)16-23(24)17-30-33-18-21-9-7-20(3)8-10-21/h7-10,15-17,19,26H,6,11-14,18H2,1-5H3,(H,31,32)/b30-17+/t26?,28-,29-/m1/s1. The summed E-state index contributed by atoms with van der Waals surface area (Å²) in [5.74, 6) is -0.127. The number of rotatable bonds is 6. The molecule has 2 aliphatic carbocycles. The first-order chi connectivity index (χ1) is 15.6. The molecule has 1 N–H and O–H groups in total. The van der Waals surface area contributed by atoms with Crippen LogP contribution in [0, 0.1) is 18.3 Å². The number of aryl methyl sites for hydroxylation is 2. The minimum atomic E-state index is -0.660. The number of carbonyl (C=O) groups is 1. The third kappa shape index (κ3) is 4.32. The molecule has 1 saturated carbocycles. The fourth-order valence-corrected chi connectivity index (χ4v) is 6.31. The van der Waals surface area contributed by atoms with Crippen LogP contribution < -0.4 is 0 Å². The van der Waals surface area contributed by atoms with Gasteiger partial charge in [0.1, 0.15) is 6.61 Å². The van der Waals surface area contributed by atoms with Gasteiger partial charge in [0.25, 0.3) is 0 Å². The summed E-state index contributed by atoms with van der Waals surface area (Å²) in [5.41, 5.74) is 6.59. The van der Waals surface area contributed by atoms with Crippen LogP contribution in [0.4, 0.5) is 0 Å². The Morgan fingerprint density at radius 2 is 1.94 bits per heavy atom. The Labute approximate surface area is 198 Å². The lowest BCUT2D eigenvalue weighted by molar-refractivity contribution is -0.157. The molecule has 0 amide bonds. The number of carboxylic acids is 1. The van der Waals surface area contributed by atoms with Crippen molar-refractivity contribution in [3.05, 3.63) is 69.8 Å². The van der Waals surface area contributed by atoms with E-state index in [1.165, 1.54) is 22.3 Å². The van der Waals surface area contributed by atoms with Crippen molar-refractivity contribution in [2.45, 2.75) is 84.7 Å². The smallest absolute Gasteiger partial charge is 0.309 e. The number of benzene rings is 2. The molecule has 4 nitrogen and oxygen atoms in total. The molecule has 4 heteroatoms. The SMILES string of the molecule is Cc1ccc(CO/N=C/c2cc3c(cc2C(C)C)CCC2[C@](C)(C(=O)O)CCC[C@]32C)cc1. The fraction of sp³-hybridized carbons (Fsp3) is 0.517. The molecule has 176 valence electrons. The van der Waals surface area contributed by atoms with Gasteiger partial charge in [0.2, 0.25) is 0 Å². The molecule has 2 aromatic carbocycles. The van der Waals surface area contributed by atoms with Gasteiger partial charge >= 0.3 is 5.97 Å². The number of carboxylic acid groups (broad SMARTS) is 1. The van der Waals surface area contributed by atoms with Gasteiger partial charge in [-0.05, 0) is 90.7 Å². The molecule has 4 rings (SSSR count). The predicted octanol–water partition coefficient (Wildman–Crippen LogP) is 6.76. The zero-order valence-electron chi connectivity index (χ0n) is 20.6. The number of nitrogens with zero attached hydrogens (tertiary/aromatic N) is 1. The molecular formula is C29H37NO3. The maximum Gasteiger partial charge on any atom is 0.309 e. The Kier molecular flexibility index (Phi) is 6.39. The van der Waals surface area contributed by atoms with Gasteiger partial charge in [-0.25, -0.2) is 0 Å². The van der Waals surface area contributed by atoms with Gasteiger partial charge in [-0.3, -0.25) is 4.79 Å². The summed E-state index contributed by atoms with van der Waals surface area (Å²) in [6, 6.07) is 12.9. The van der Waals surface area contributed by atoms with Crippen molar-refractivity contribution in [3.63, 3.8) is 0 Å². The maximum absolute atomic E-state index is 12.3. The highest BCUT2D eigenvalue weighted by atomic mass is 16.6. The molecule has 3 atom stereocenters. The summed E-state index contributed by atoms with van der Waals surface area (Å²) < 4.78 is 0. The Balaban J connectivity index is 1.65. The third-order valence-electron chi connectivity index (χ3n) is 8.29. The summed E-state index contributed by atoms with van der Waals surface area (Å²) in [5, 5.41) is 14.4. The Hall–Kier alpha value is -2.62. The van der Waals surface area contributed by atoms with Crippen LogP contribution >= 0.6 is 0 Å². The second kappa shape index (κ2) is 8.96. The van der Waals surface area contributed by atoms with Gasteiger partial charge in [-0.2, -0.15) is 0 Å². The van der Waals surface area contributed by atoms with E-state index in [4.69, 9.17) is 4.84 Å². The molecule has 0 aromatic heterocycles. The average Bonchev–Trinajstić information content (AvgIpc) is 2.77. The molecule has 1 unspecified atom stereocenters. The number of oxime groups is 1. The number of fused-ring (bicyclic) bond motifs is 3. The summed E-state index contributed by atoms with van der Waals surface area (Å²) in [6.07, 6.45) is 6.48. The van der Waals surface area contributed by atoms with E-state index in [2.05, 4.69) is 69.2 Å². The molecule has 0 radical (unpaired) electrons. The van der Waals surface area contributed by atoms with Crippen molar-refractivity contribution in [1.29, 1.82) is 0 Å². The minimum absolute atomic E-state index is 0.125. The van der Waals surface area contributed by atoms with Crippen LogP contribution in [0.25, 0.3) is 0 Å². The van der Waals surface area contributed by atoms with Gasteiger partial charge in [0, 0.05) is 0 Å².